The molecular weight excluding hydrogens is 439 g/mol. The van der Waals surface area contributed by atoms with Crippen LogP contribution in [0.3, 0.4) is 0 Å². The Bertz CT molecular complexity index is 562. The van der Waals surface area contributed by atoms with Crippen LogP contribution in [0.15, 0.2) is 0 Å². The summed E-state index contributed by atoms with van der Waals surface area (Å²) in [7, 11) is 0. The van der Waals surface area contributed by atoms with E-state index in [1.54, 1.807) is 6.92 Å². The second kappa shape index (κ2) is 6.89. The molecule has 3 fully saturated rings. The Hall–Kier alpha value is 0.160. The molecule has 0 amide bonds. The minimum atomic E-state index is -0.338. The largest absolute Gasteiger partial charge is 0.459 e. The highest BCUT2D eigenvalue weighted by molar-refractivity contribution is 14.1. The van der Waals surface area contributed by atoms with E-state index in [2.05, 4.69) is 57.2 Å². The van der Waals surface area contributed by atoms with Gasteiger partial charge in [-0.25, -0.2) is 0 Å². The highest BCUT2D eigenvalue weighted by Gasteiger charge is 2.60. The molecule has 3 rings (SSSR count). The highest BCUT2D eigenvalue weighted by atomic mass is 127. The molecule has 1 aliphatic heterocycles. The van der Waals surface area contributed by atoms with Crippen LogP contribution in [0.1, 0.15) is 86.5 Å². The van der Waals surface area contributed by atoms with Crippen LogP contribution in [0.4, 0.5) is 0 Å². The summed E-state index contributed by atoms with van der Waals surface area (Å²) in [5.74, 6) is 0.993. The van der Waals surface area contributed by atoms with Gasteiger partial charge in [0.25, 0.3) is 0 Å². The van der Waals surface area contributed by atoms with Gasteiger partial charge in [0, 0.05) is 17.3 Å². The molecule has 1 saturated heterocycles. The van der Waals surface area contributed by atoms with Crippen LogP contribution in [-0.4, -0.2) is 27.7 Å². The number of hydrogen-bond acceptors (Lipinski definition) is 3. The molecule has 0 aromatic heterocycles. The minimum absolute atomic E-state index is 0.0335. The van der Waals surface area contributed by atoms with E-state index < -0.39 is 0 Å². The number of esters is 1. The van der Waals surface area contributed by atoms with Crippen molar-refractivity contribution in [2.75, 3.05) is 4.43 Å². The van der Waals surface area contributed by atoms with Gasteiger partial charge in [0.2, 0.25) is 0 Å². The number of fused-ring (bicyclic) bond motifs is 1. The number of hydrogen-bond donors (Lipinski definition) is 0. The van der Waals surface area contributed by atoms with Crippen molar-refractivity contribution in [1.82, 2.24) is 0 Å². The SMILES string of the molecule is CC(=O)O[C@]1(C)CC[C@H]2C(C)(C)CCC[C@]2(C)[C@H]1CCC1(C)OC1CI. The molecule has 150 valence electrons. The summed E-state index contributed by atoms with van der Waals surface area (Å²) in [5, 5.41) is 0. The first kappa shape index (κ1) is 20.9. The predicted molar refractivity (Wildman–Crippen MR) is 114 cm³/mol. The van der Waals surface area contributed by atoms with Gasteiger partial charge in [-0.05, 0) is 69.1 Å². The van der Waals surface area contributed by atoms with Gasteiger partial charge in [0.1, 0.15) is 5.60 Å². The van der Waals surface area contributed by atoms with Crippen molar-refractivity contribution in [3.63, 3.8) is 0 Å². The van der Waals surface area contributed by atoms with E-state index >= 15 is 0 Å². The Balaban J connectivity index is 1.87. The zero-order valence-corrected chi connectivity index (χ0v) is 19.6. The van der Waals surface area contributed by atoms with Crippen LogP contribution < -0.4 is 0 Å². The zero-order chi connectivity index (χ0) is 19.4. The molecule has 0 bridgehead atoms. The van der Waals surface area contributed by atoms with Gasteiger partial charge >= 0.3 is 5.97 Å². The zero-order valence-electron chi connectivity index (χ0n) is 17.5. The smallest absolute Gasteiger partial charge is 0.303 e. The van der Waals surface area contributed by atoms with Crippen molar-refractivity contribution in [3.05, 3.63) is 0 Å². The molecule has 6 atom stereocenters. The fourth-order valence-electron chi connectivity index (χ4n) is 6.83. The summed E-state index contributed by atoms with van der Waals surface area (Å²) in [4.78, 5) is 11.9. The molecule has 1 heterocycles. The van der Waals surface area contributed by atoms with E-state index in [-0.39, 0.29) is 22.6 Å². The van der Waals surface area contributed by atoms with E-state index in [4.69, 9.17) is 9.47 Å². The molecule has 26 heavy (non-hydrogen) atoms. The van der Waals surface area contributed by atoms with Crippen LogP contribution in [0.25, 0.3) is 0 Å². The first-order chi connectivity index (χ1) is 12.0. The summed E-state index contributed by atoms with van der Waals surface area (Å²) < 4.78 is 13.1. The monoisotopic (exact) mass is 476 g/mol. The summed E-state index contributed by atoms with van der Waals surface area (Å²) in [6, 6.07) is 0. The van der Waals surface area contributed by atoms with Crippen LogP contribution in [0.5, 0.6) is 0 Å². The summed E-state index contributed by atoms with van der Waals surface area (Å²) in [6.45, 7) is 13.4. The number of halogens is 1. The fraction of sp³-hybridized carbons (Fsp3) is 0.955. The topological polar surface area (TPSA) is 38.8 Å². The average Bonchev–Trinajstić information content (AvgIpc) is 3.15. The Labute approximate surface area is 173 Å². The van der Waals surface area contributed by atoms with Crippen LogP contribution in [-0.2, 0) is 14.3 Å². The second-order valence-electron chi connectivity index (χ2n) is 10.5. The van der Waals surface area contributed by atoms with E-state index in [0.29, 0.717) is 23.4 Å². The Morgan fingerprint density at radius 2 is 1.85 bits per heavy atom. The Kier molecular flexibility index (Phi) is 5.54. The third-order valence-electron chi connectivity index (χ3n) is 8.22. The number of ether oxygens (including phenoxy) is 2. The third kappa shape index (κ3) is 3.58. The van der Waals surface area contributed by atoms with E-state index in [0.717, 1.165) is 23.7 Å². The van der Waals surface area contributed by atoms with Gasteiger partial charge in [-0.2, -0.15) is 0 Å². The number of alkyl halides is 1. The molecule has 0 aromatic rings. The first-order valence-electron chi connectivity index (χ1n) is 10.4. The predicted octanol–water partition coefficient (Wildman–Crippen LogP) is 5.92. The maximum absolute atomic E-state index is 11.9. The number of carbonyl (C=O) groups excluding carboxylic acids is 1. The molecule has 3 aliphatic rings. The molecule has 2 saturated carbocycles. The van der Waals surface area contributed by atoms with Gasteiger partial charge in [0.05, 0.1) is 11.7 Å². The van der Waals surface area contributed by atoms with Gasteiger partial charge in [-0.1, -0.05) is 49.8 Å². The lowest BCUT2D eigenvalue weighted by molar-refractivity contribution is -0.199. The molecule has 0 N–H and O–H groups in total. The van der Waals surface area contributed by atoms with Gasteiger partial charge in [-0.3, -0.25) is 4.79 Å². The van der Waals surface area contributed by atoms with Crippen molar-refractivity contribution in [3.8, 4) is 0 Å². The lowest BCUT2D eigenvalue weighted by atomic mass is 9.45. The van der Waals surface area contributed by atoms with Crippen LogP contribution in [0.2, 0.25) is 0 Å². The number of rotatable bonds is 5. The van der Waals surface area contributed by atoms with Crippen molar-refractivity contribution >= 4 is 28.6 Å². The third-order valence-corrected chi connectivity index (χ3v) is 9.02. The quantitative estimate of drug-likeness (QED) is 0.214. The number of carbonyl (C=O) groups is 1. The second-order valence-corrected chi connectivity index (χ2v) is 11.4. The normalized spacial score (nSPS) is 47.1. The molecule has 0 spiro atoms. The van der Waals surface area contributed by atoms with Crippen molar-refractivity contribution in [1.29, 1.82) is 0 Å². The Morgan fingerprint density at radius 1 is 1.15 bits per heavy atom. The highest BCUT2D eigenvalue weighted by Crippen LogP contribution is 2.64. The first-order valence-corrected chi connectivity index (χ1v) is 11.9. The molecule has 3 nitrogen and oxygen atoms in total. The molecule has 4 heteroatoms. The average molecular weight is 476 g/mol. The van der Waals surface area contributed by atoms with Crippen LogP contribution >= 0.6 is 22.6 Å². The van der Waals surface area contributed by atoms with E-state index in [1.165, 1.54) is 25.7 Å². The minimum Gasteiger partial charge on any atom is -0.459 e. The fourth-order valence-corrected chi connectivity index (χ4v) is 7.94. The molecule has 0 radical (unpaired) electrons. The van der Waals surface area contributed by atoms with E-state index in [9.17, 15) is 4.79 Å². The molecular formula is C22H37IO3. The lowest BCUT2D eigenvalue weighted by Gasteiger charge is -2.62. The van der Waals surface area contributed by atoms with E-state index in [1.807, 2.05) is 0 Å². The molecule has 2 aliphatic carbocycles. The van der Waals surface area contributed by atoms with Gasteiger partial charge in [-0.15, -0.1) is 0 Å². The van der Waals surface area contributed by atoms with Gasteiger partial charge in [0.15, 0.2) is 0 Å². The summed E-state index contributed by atoms with van der Waals surface area (Å²) >= 11 is 2.42. The summed E-state index contributed by atoms with van der Waals surface area (Å²) in [6.07, 6.45) is 8.61. The van der Waals surface area contributed by atoms with Crippen molar-refractivity contribution in [2.45, 2.75) is 104 Å². The molecule has 2 unspecified atom stereocenters. The molecule has 0 aromatic carbocycles. The maximum atomic E-state index is 11.9. The Morgan fingerprint density at radius 3 is 2.42 bits per heavy atom. The lowest BCUT2D eigenvalue weighted by Crippen LogP contribution is -2.58. The maximum Gasteiger partial charge on any atom is 0.303 e. The van der Waals surface area contributed by atoms with Crippen molar-refractivity contribution < 1.29 is 14.3 Å². The van der Waals surface area contributed by atoms with Gasteiger partial charge < -0.3 is 9.47 Å². The van der Waals surface area contributed by atoms with Crippen LogP contribution in [0, 0.1) is 22.7 Å². The standard InChI is InChI=1S/C22H37IO3/c1-15(24)25-21(5)12-8-16-19(2,3)10-7-11-20(16,4)17(21)9-13-22(6)18(14-23)26-22/h16-18H,7-14H2,1-6H3/t16-,17+,18?,20-,21+,22?/m0/s1. The summed E-state index contributed by atoms with van der Waals surface area (Å²) in [5.41, 5.74) is 0.324. The van der Waals surface area contributed by atoms with Crippen molar-refractivity contribution in [2.24, 2.45) is 22.7 Å². The number of epoxide rings is 1.